The van der Waals surface area contributed by atoms with E-state index in [1.54, 1.807) is 18.3 Å². The summed E-state index contributed by atoms with van der Waals surface area (Å²) in [5.74, 6) is 0.269. The van der Waals surface area contributed by atoms with Gasteiger partial charge in [-0.3, -0.25) is 9.89 Å². The van der Waals surface area contributed by atoms with Crippen molar-refractivity contribution >= 4 is 5.91 Å². The quantitative estimate of drug-likeness (QED) is 0.767. The highest BCUT2D eigenvalue weighted by atomic mass is 19.1. The van der Waals surface area contributed by atoms with Crippen molar-refractivity contribution < 1.29 is 9.18 Å². The average Bonchev–Trinajstić information content (AvgIpc) is 3.34. The first-order chi connectivity index (χ1) is 12.7. The number of nitrogens with zero attached hydrogens (tertiary/aromatic N) is 6. The Morgan fingerprint density at radius 1 is 1.27 bits per heavy atom. The zero-order valence-electron chi connectivity index (χ0n) is 14.0. The molecule has 1 N–H and O–H groups in total. The van der Waals surface area contributed by atoms with Crippen molar-refractivity contribution in [2.45, 2.75) is 25.3 Å². The molecule has 1 saturated heterocycles. The van der Waals surface area contributed by atoms with E-state index in [1.807, 2.05) is 11.0 Å². The summed E-state index contributed by atoms with van der Waals surface area (Å²) in [6, 6.07) is 7.79. The number of amides is 1. The SMILES string of the molecule is O=C(Cn1nnc(-c2ccc(F)cc2)n1)N1CCC[C@@H](c2ccn[nH]2)C1. The lowest BCUT2D eigenvalue weighted by molar-refractivity contribution is -0.133. The summed E-state index contributed by atoms with van der Waals surface area (Å²) in [5.41, 5.74) is 1.71. The largest absolute Gasteiger partial charge is 0.340 e. The molecule has 134 valence electrons. The minimum absolute atomic E-state index is 0.0316. The van der Waals surface area contributed by atoms with Gasteiger partial charge in [-0.1, -0.05) is 0 Å². The van der Waals surface area contributed by atoms with Crippen LogP contribution in [-0.2, 0) is 11.3 Å². The molecule has 1 aliphatic heterocycles. The standard InChI is InChI=1S/C17H18FN7O/c18-14-5-3-12(4-6-14)17-21-23-25(22-17)11-16(26)24-9-1-2-13(10-24)15-7-8-19-20-15/h3-8,13H,1-2,9-11H2,(H,19,20)/t13-/m1/s1. The monoisotopic (exact) mass is 355 g/mol. The number of rotatable bonds is 4. The fourth-order valence-corrected chi connectivity index (χ4v) is 3.20. The molecule has 3 aromatic rings. The minimum atomic E-state index is -0.326. The zero-order valence-corrected chi connectivity index (χ0v) is 14.0. The first-order valence-electron chi connectivity index (χ1n) is 8.50. The van der Waals surface area contributed by atoms with Crippen LogP contribution >= 0.6 is 0 Å². The van der Waals surface area contributed by atoms with E-state index in [2.05, 4.69) is 25.6 Å². The summed E-state index contributed by atoms with van der Waals surface area (Å²) in [6.07, 6.45) is 3.70. The molecule has 0 saturated carbocycles. The molecule has 0 aliphatic carbocycles. The summed E-state index contributed by atoms with van der Waals surface area (Å²) >= 11 is 0. The fraction of sp³-hybridized carbons (Fsp3) is 0.353. The predicted molar refractivity (Wildman–Crippen MR) is 90.4 cm³/mol. The molecule has 8 nitrogen and oxygen atoms in total. The third-order valence-electron chi connectivity index (χ3n) is 4.57. The molecule has 1 fully saturated rings. The Morgan fingerprint density at radius 2 is 2.12 bits per heavy atom. The first kappa shape index (κ1) is 16.4. The number of aromatic amines is 1. The molecule has 9 heteroatoms. The number of aromatic nitrogens is 6. The Hall–Kier alpha value is -3.10. The number of piperidine rings is 1. The van der Waals surface area contributed by atoms with Gasteiger partial charge in [-0.25, -0.2) is 4.39 Å². The van der Waals surface area contributed by atoms with Gasteiger partial charge in [-0.05, 0) is 48.4 Å². The van der Waals surface area contributed by atoms with Crippen molar-refractivity contribution in [3.05, 3.63) is 48.0 Å². The van der Waals surface area contributed by atoms with E-state index in [9.17, 15) is 9.18 Å². The summed E-state index contributed by atoms with van der Waals surface area (Å²) in [7, 11) is 0. The Labute approximate surface area is 149 Å². The van der Waals surface area contributed by atoms with Crippen molar-refractivity contribution in [3.63, 3.8) is 0 Å². The topological polar surface area (TPSA) is 92.6 Å². The number of carbonyl (C=O) groups is 1. The molecule has 0 unspecified atom stereocenters. The van der Waals surface area contributed by atoms with Gasteiger partial charge in [0, 0.05) is 36.5 Å². The lowest BCUT2D eigenvalue weighted by atomic mass is 9.95. The third kappa shape index (κ3) is 3.46. The second-order valence-corrected chi connectivity index (χ2v) is 6.34. The van der Waals surface area contributed by atoms with Crippen molar-refractivity contribution in [1.29, 1.82) is 0 Å². The average molecular weight is 355 g/mol. The van der Waals surface area contributed by atoms with E-state index in [4.69, 9.17) is 0 Å². The number of hydrogen-bond acceptors (Lipinski definition) is 5. The van der Waals surface area contributed by atoms with Gasteiger partial charge >= 0.3 is 0 Å². The van der Waals surface area contributed by atoms with Crippen LogP contribution in [0.4, 0.5) is 4.39 Å². The van der Waals surface area contributed by atoms with Crippen LogP contribution in [-0.4, -0.2) is 54.3 Å². The Kier molecular flexibility index (Phi) is 4.42. The van der Waals surface area contributed by atoms with Crippen LogP contribution in [0, 0.1) is 5.82 Å². The number of tetrazole rings is 1. The number of nitrogens with one attached hydrogen (secondary N) is 1. The molecule has 26 heavy (non-hydrogen) atoms. The van der Waals surface area contributed by atoms with Gasteiger partial charge in [0.15, 0.2) is 0 Å². The van der Waals surface area contributed by atoms with Crippen LogP contribution < -0.4 is 0 Å². The number of carbonyl (C=O) groups excluding carboxylic acids is 1. The second kappa shape index (κ2) is 7.03. The highest BCUT2D eigenvalue weighted by molar-refractivity contribution is 5.76. The Balaban J connectivity index is 1.41. The van der Waals surface area contributed by atoms with Gasteiger partial charge in [-0.2, -0.15) is 9.90 Å². The molecule has 0 radical (unpaired) electrons. The van der Waals surface area contributed by atoms with Crippen LogP contribution in [0.3, 0.4) is 0 Å². The summed E-state index contributed by atoms with van der Waals surface area (Å²) in [4.78, 5) is 15.7. The summed E-state index contributed by atoms with van der Waals surface area (Å²) in [6.45, 7) is 1.41. The van der Waals surface area contributed by atoms with Gasteiger partial charge in [-0.15, -0.1) is 10.2 Å². The molecule has 0 bridgehead atoms. The number of H-pyrrole nitrogens is 1. The highest BCUT2D eigenvalue weighted by Gasteiger charge is 2.26. The Bertz CT molecular complexity index is 875. The molecular formula is C17H18FN7O. The van der Waals surface area contributed by atoms with E-state index in [1.165, 1.54) is 16.9 Å². The van der Waals surface area contributed by atoms with Crippen LogP contribution in [0.25, 0.3) is 11.4 Å². The molecule has 1 amide bonds. The minimum Gasteiger partial charge on any atom is -0.340 e. The highest BCUT2D eigenvalue weighted by Crippen LogP contribution is 2.25. The van der Waals surface area contributed by atoms with Crippen LogP contribution in [0.2, 0.25) is 0 Å². The summed E-state index contributed by atoms with van der Waals surface area (Å²) < 4.78 is 13.0. The number of halogens is 1. The van der Waals surface area contributed by atoms with Gasteiger partial charge < -0.3 is 4.90 Å². The smallest absolute Gasteiger partial charge is 0.246 e. The molecular weight excluding hydrogens is 337 g/mol. The number of benzene rings is 1. The maximum atomic E-state index is 13.0. The number of likely N-dealkylation sites (tertiary alicyclic amines) is 1. The van der Waals surface area contributed by atoms with Crippen LogP contribution in [0.15, 0.2) is 36.5 Å². The lowest BCUT2D eigenvalue weighted by Crippen LogP contribution is -2.41. The van der Waals surface area contributed by atoms with Gasteiger partial charge in [0.05, 0.1) is 0 Å². The van der Waals surface area contributed by atoms with Crippen LogP contribution in [0.5, 0.6) is 0 Å². The van der Waals surface area contributed by atoms with E-state index in [0.29, 0.717) is 17.9 Å². The molecule has 1 atom stereocenters. The normalized spacial score (nSPS) is 17.4. The molecule has 0 spiro atoms. The molecule has 3 heterocycles. The van der Waals surface area contributed by atoms with Crippen LogP contribution in [0.1, 0.15) is 24.5 Å². The van der Waals surface area contributed by atoms with E-state index >= 15 is 0 Å². The first-order valence-corrected chi connectivity index (χ1v) is 8.50. The van der Waals surface area contributed by atoms with Crippen molar-refractivity contribution in [3.8, 4) is 11.4 Å². The molecule has 1 aliphatic rings. The van der Waals surface area contributed by atoms with Crippen molar-refractivity contribution in [1.82, 2.24) is 35.3 Å². The van der Waals surface area contributed by atoms with Crippen molar-refractivity contribution in [2.24, 2.45) is 0 Å². The van der Waals surface area contributed by atoms with Gasteiger partial charge in [0.1, 0.15) is 12.4 Å². The zero-order chi connectivity index (χ0) is 17.9. The van der Waals surface area contributed by atoms with E-state index in [-0.39, 0.29) is 24.2 Å². The fourth-order valence-electron chi connectivity index (χ4n) is 3.20. The summed E-state index contributed by atoms with van der Waals surface area (Å²) in [5, 5.41) is 19.1. The molecule has 2 aromatic heterocycles. The van der Waals surface area contributed by atoms with Gasteiger partial charge in [0.25, 0.3) is 0 Å². The Morgan fingerprint density at radius 3 is 2.88 bits per heavy atom. The maximum absolute atomic E-state index is 13.0. The van der Waals surface area contributed by atoms with Gasteiger partial charge in [0.2, 0.25) is 11.7 Å². The molecule has 4 rings (SSSR count). The van der Waals surface area contributed by atoms with E-state index in [0.717, 1.165) is 25.1 Å². The van der Waals surface area contributed by atoms with Crippen molar-refractivity contribution in [2.75, 3.05) is 13.1 Å². The predicted octanol–water partition coefficient (Wildman–Crippen LogP) is 1.61. The molecule has 1 aromatic carbocycles. The maximum Gasteiger partial charge on any atom is 0.246 e. The lowest BCUT2D eigenvalue weighted by Gasteiger charge is -2.32. The van der Waals surface area contributed by atoms with E-state index < -0.39 is 0 Å². The second-order valence-electron chi connectivity index (χ2n) is 6.34. The number of hydrogen-bond donors (Lipinski definition) is 1. The third-order valence-corrected chi connectivity index (χ3v) is 4.57.